The van der Waals surface area contributed by atoms with Gasteiger partial charge in [-0.1, -0.05) is 18.2 Å². The Morgan fingerprint density at radius 2 is 1.90 bits per heavy atom. The molecule has 100 valence electrons. The largest absolute Gasteiger partial charge is 0.311 e. The standard InChI is InChI=1S/C15H15N5/c1-2-6-13(7-3-1)20-11-12(10-16-20)15-18-17-14-8-4-5-9-19(14)15/h1-3,6-7,10-11H,4-5,8-9H2. The third-order valence-electron chi connectivity index (χ3n) is 3.72. The minimum absolute atomic E-state index is 0.932. The second kappa shape index (κ2) is 4.59. The van der Waals surface area contributed by atoms with Crippen LogP contribution in [0.15, 0.2) is 42.7 Å². The van der Waals surface area contributed by atoms with Gasteiger partial charge >= 0.3 is 0 Å². The molecule has 1 aromatic carbocycles. The van der Waals surface area contributed by atoms with Crippen LogP contribution in [-0.2, 0) is 13.0 Å². The summed E-state index contributed by atoms with van der Waals surface area (Å²) in [4.78, 5) is 0. The fraction of sp³-hybridized carbons (Fsp3) is 0.267. The maximum atomic E-state index is 4.43. The van der Waals surface area contributed by atoms with E-state index in [4.69, 9.17) is 0 Å². The third-order valence-corrected chi connectivity index (χ3v) is 3.72. The Balaban J connectivity index is 1.74. The van der Waals surface area contributed by atoms with Gasteiger partial charge in [0, 0.05) is 19.2 Å². The molecule has 0 atom stereocenters. The minimum Gasteiger partial charge on any atom is -0.311 e. The molecule has 4 rings (SSSR count). The number of fused-ring (bicyclic) bond motifs is 1. The zero-order valence-corrected chi connectivity index (χ0v) is 11.1. The number of hydrogen-bond acceptors (Lipinski definition) is 3. The summed E-state index contributed by atoms with van der Waals surface area (Å²) in [6, 6.07) is 10.1. The van der Waals surface area contributed by atoms with Gasteiger partial charge in [0.15, 0.2) is 5.82 Å². The van der Waals surface area contributed by atoms with E-state index in [2.05, 4.69) is 19.9 Å². The number of nitrogens with zero attached hydrogens (tertiary/aromatic N) is 5. The van der Waals surface area contributed by atoms with E-state index >= 15 is 0 Å². The number of hydrogen-bond donors (Lipinski definition) is 0. The number of rotatable bonds is 2. The van der Waals surface area contributed by atoms with E-state index in [1.165, 1.54) is 12.8 Å². The second-order valence-corrected chi connectivity index (χ2v) is 5.06. The van der Waals surface area contributed by atoms with Crippen molar-refractivity contribution in [3.63, 3.8) is 0 Å². The Morgan fingerprint density at radius 3 is 2.80 bits per heavy atom. The number of aromatic nitrogens is 5. The van der Waals surface area contributed by atoms with Crippen molar-refractivity contribution in [1.29, 1.82) is 0 Å². The highest BCUT2D eigenvalue weighted by Gasteiger charge is 2.18. The number of benzene rings is 1. The van der Waals surface area contributed by atoms with Crippen molar-refractivity contribution in [3.05, 3.63) is 48.5 Å². The molecule has 0 radical (unpaired) electrons. The van der Waals surface area contributed by atoms with Crippen LogP contribution in [0.1, 0.15) is 18.7 Å². The quantitative estimate of drug-likeness (QED) is 0.715. The van der Waals surface area contributed by atoms with Crippen molar-refractivity contribution in [2.45, 2.75) is 25.8 Å². The Bertz CT molecular complexity index is 726. The first-order valence-corrected chi connectivity index (χ1v) is 6.94. The molecule has 1 aliphatic rings. The Labute approximate surface area is 116 Å². The van der Waals surface area contributed by atoms with Crippen molar-refractivity contribution >= 4 is 0 Å². The summed E-state index contributed by atoms with van der Waals surface area (Å²) < 4.78 is 4.09. The van der Waals surface area contributed by atoms with Crippen LogP contribution in [0.4, 0.5) is 0 Å². The maximum Gasteiger partial charge on any atom is 0.167 e. The molecule has 0 fully saturated rings. The summed E-state index contributed by atoms with van der Waals surface area (Å²) in [7, 11) is 0. The van der Waals surface area contributed by atoms with Crippen LogP contribution in [0.5, 0.6) is 0 Å². The molecular weight excluding hydrogens is 250 g/mol. The first-order chi connectivity index (χ1) is 9.92. The van der Waals surface area contributed by atoms with Crippen LogP contribution >= 0.6 is 0 Å². The molecule has 0 unspecified atom stereocenters. The van der Waals surface area contributed by atoms with E-state index in [-0.39, 0.29) is 0 Å². The molecule has 2 aromatic heterocycles. The molecule has 3 heterocycles. The molecule has 0 N–H and O–H groups in total. The molecule has 1 aliphatic heterocycles. The first-order valence-electron chi connectivity index (χ1n) is 6.94. The maximum absolute atomic E-state index is 4.43. The topological polar surface area (TPSA) is 48.5 Å². The van der Waals surface area contributed by atoms with E-state index in [1.54, 1.807) is 0 Å². The average Bonchev–Trinajstić information content (AvgIpc) is 3.14. The molecule has 3 aromatic rings. The van der Waals surface area contributed by atoms with Gasteiger partial charge in [-0.25, -0.2) is 4.68 Å². The van der Waals surface area contributed by atoms with Gasteiger partial charge in [-0.3, -0.25) is 0 Å². The van der Waals surface area contributed by atoms with E-state index in [0.717, 1.165) is 35.9 Å². The van der Waals surface area contributed by atoms with Gasteiger partial charge in [-0.15, -0.1) is 10.2 Å². The highest BCUT2D eigenvalue weighted by atomic mass is 15.3. The van der Waals surface area contributed by atoms with E-state index in [9.17, 15) is 0 Å². The van der Waals surface area contributed by atoms with Crippen molar-refractivity contribution in [2.24, 2.45) is 0 Å². The third kappa shape index (κ3) is 1.82. The second-order valence-electron chi connectivity index (χ2n) is 5.06. The summed E-state index contributed by atoms with van der Waals surface area (Å²) in [6.07, 6.45) is 7.31. The first kappa shape index (κ1) is 11.4. The lowest BCUT2D eigenvalue weighted by atomic mass is 10.1. The molecule has 0 bridgehead atoms. The molecule has 0 spiro atoms. The predicted octanol–water partition coefficient (Wildman–Crippen LogP) is 2.47. The van der Waals surface area contributed by atoms with Crippen molar-refractivity contribution in [2.75, 3.05) is 0 Å². The molecular formula is C15H15N5. The van der Waals surface area contributed by atoms with Crippen molar-refractivity contribution in [3.8, 4) is 17.1 Å². The van der Waals surface area contributed by atoms with Gasteiger partial charge in [0.1, 0.15) is 5.82 Å². The lowest BCUT2D eigenvalue weighted by Gasteiger charge is -2.13. The average molecular weight is 265 g/mol. The normalized spacial score (nSPS) is 14.2. The molecule has 5 heteroatoms. The van der Waals surface area contributed by atoms with Crippen LogP contribution < -0.4 is 0 Å². The Kier molecular flexibility index (Phi) is 2.62. The monoisotopic (exact) mass is 265 g/mol. The zero-order chi connectivity index (χ0) is 13.4. The molecule has 5 nitrogen and oxygen atoms in total. The van der Waals surface area contributed by atoms with Crippen LogP contribution in [0.25, 0.3) is 17.1 Å². The van der Waals surface area contributed by atoms with Crippen LogP contribution in [0.3, 0.4) is 0 Å². The van der Waals surface area contributed by atoms with Gasteiger partial charge in [0.25, 0.3) is 0 Å². The highest BCUT2D eigenvalue weighted by molar-refractivity contribution is 5.54. The minimum atomic E-state index is 0.932. The SMILES string of the molecule is c1ccc(-n2cc(-c3nnc4n3CCCC4)cn2)cc1. The molecule has 0 amide bonds. The molecule has 0 saturated carbocycles. The number of para-hydroxylation sites is 1. The number of aryl methyl sites for hydroxylation is 1. The lowest BCUT2D eigenvalue weighted by Crippen LogP contribution is -2.11. The fourth-order valence-electron chi connectivity index (χ4n) is 2.68. The van der Waals surface area contributed by atoms with Crippen LogP contribution in [-0.4, -0.2) is 24.5 Å². The van der Waals surface area contributed by atoms with Crippen LogP contribution in [0.2, 0.25) is 0 Å². The fourth-order valence-corrected chi connectivity index (χ4v) is 2.68. The van der Waals surface area contributed by atoms with Gasteiger partial charge in [-0.2, -0.15) is 5.10 Å². The smallest absolute Gasteiger partial charge is 0.167 e. The summed E-state index contributed by atoms with van der Waals surface area (Å²) in [6.45, 7) is 1.01. The van der Waals surface area contributed by atoms with Gasteiger partial charge in [-0.05, 0) is 25.0 Å². The predicted molar refractivity (Wildman–Crippen MR) is 75.5 cm³/mol. The van der Waals surface area contributed by atoms with Gasteiger partial charge in [0.05, 0.1) is 17.4 Å². The summed E-state index contributed by atoms with van der Waals surface area (Å²) in [5.74, 6) is 2.03. The van der Waals surface area contributed by atoms with Crippen molar-refractivity contribution < 1.29 is 0 Å². The molecule has 0 aliphatic carbocycles. The van der Waals surface area contributed by atoms with E-state index in [1.807, 2.05) is 47.4 Å². The van der Waals surface area contributed by atoms with E-state index in [0.29, 0.717) is 0 Å². The Morgan fingerprint density at radius 1 is 1.00 bits per heavy atom. The summed E-state index contributed by atoms with van der Waals surface area (Å²) in [5, 5.41) is 13.1. The summed E-state index contributed by atoms with van der Waals surface area (Å²) in [5.41, 5.74) is 2.08. The van der Waals surface area contributed by atoms with Gasteiger partial charge < -0.3 is 4.57 Å². The molecule has 0 saturated heterocycles. The lowest BCUT2D eigenvalue weighted by molar-refractivity contribution is 0.526. The molecule has 20 heavy (non-hydrogen) atoms. The van der Waals surface area contributed by atoms with Gasteiger partial charge in [0.2, 0.25) is 0 Å². The van der Waals surface area contributed by atoms with Crippen LogP contribution in [0, 0.1) is 0 Å². The zero-order valence-electron chi connectivity index (χ0n) is 11.1. The summed E-state index contributed by atoms with van der Waals surface area (Å²) >= 11 is 0. The Hall–Kier alpha value is -2.43. The highest BCUT2D eigenvalue weighted by Crippen LogP contribution is 2.23. The van der Waals surface area contributed by atoms with E-state index < -0.39 is 0 Å². The van der Waals surface area contributed by atoms with Crippen molar-refractivity contribution in [1.82, 2.24) is 24.5 Å².